The average molecular weight is 293 g/mol. The third kappa shape index (κ3) is 2.74. The minimum atomic E-state index is -4.21. The lowest BCUT2D eigenvalue weighted by atomic mass is 9.98. The van der Waals surface area contributed by atoms with Crippen molar-refractivity contribution in [3.63, 3.8) is 0 Å². The van der Waals surface area contributed by atoms with Crippen LogP contribution in [0, 0.1) is 0 Å². The molecule has 0 aromatic carbocycles. The van der Waals surface area contributed by atoms with Gasteiger partial charge < -0.3 is 10.2 Å². The van der Waals surface area contributed by atoms with Gasteiger partial charge in [-0.1, -0.05) is 0 Å². The number of hydrogen-bond acceptors (Lipinski definition) is 3. The van der Waals surface area contributed by atoms with Crippen molar-refractivity contribution in [3.05, 3.63) is 0 Å². The van der Waals surface area contributed by atoms with Crippen LogP contribution >= 0.6 is 0 Å². The van der Waals surface area contributed by atoms with Crippen molar-refractivity contribution in [2.45, 2.75) is 44.4 Å². The normalized spacial score (nSPS) is 28.0. The predicted molar refractivity (Wildman–Crippen MR) is 65.0 cm³/mol. The van der Waals surface area contributed by atoms with Gasteiger partial charge in [-0.2, -0.15) is 13.2 Å². The number of halogens is 3. The SMILES string of the molecule is CC(C)N1C(=O)NC2(CCN(CCC(F)(F)F)C2)C1=O. The summed E-state index contributed by atoms with van der Waals surface area (Å²) in [7, 11) is 0. The van der Waals surface area contributed by atoms with E-state index < -0.39 is 24.2 Å². The molecule has 0 aromatic rings. The fraction of sp³-hybridized carbons (Fsp3) is 0.833. The minimum Gasteiger partial charge on any atom is -0.322 e. The highest BCUT2D eigenvalue weighted by Gasteiger charge is 2.55. The lowest BCUT2D eigenvalue weighted by Gasteiger charge is -2.23. The second kappa shape index (κ2) is 4.91. The van der Waals surface area contributed by atoms with E-state index in [0.29, 0.717) is 13.0 Å². The number of carbonyl (C=O) groups excluding carboxylic acids is 2. The second-order valence-corrected chi connectivity index (χ2v) is 5.67. The summed E-state index contributed by atoms with van der Waals surface area (Å²) < 4.78 is 36.6. The maximum absolute atomic E-state index is 12.3. The zero-order chi connectivity index (χ0) is 15.1. The highest BCUT2D eigenvalue weighted by atomic mass is 19.4. The Morgan fingerprint density at radius 1 is 1.35 bits per heavy atom. The zero-order valence-electron chi connectivity index (χ0n) is 11.5. The van der Waals surface area contributed by atoms with Gasteiger partial charge in [0, 0.05) is 25.7 Å². The van der Waals surface area contributed by atoms with Crippen molar-refractivity contribution >= 4 is 11.9 Å². The molecule has 2 aliphatic rings. The van der Waals surface area contributed by atoms with Crippen LogP contribution in [0.3, 0.4) is 0 Å². The van der Waals surface area contributed by atoms with Gasteiger partial charge in [-0.25, -0.2) is 4.79 Å². The first-order chi connectivity index (χ1) is 9.15. The van der Waals surface area contributed by atoms with E-state index in [1.54, 1.807) is 18.7 Å². The third-order valence-corrected chi connectivity index (χ3v) is 3.77. The number of urea groups is 1. The molecule has 0 radical (unpaired) electrons. The first-order valence-corrected chi connectivity index (χ1v) is 6.59. The van der Waals surface area contributed by atoms with Crippen LogP contribution < -0.4 is 5.32 Å². The van der Waals surface area contributed by atoms with Gasteiger partial charge in [0.25, 0.3) is 5.91 Å². The zero-order valence-corrected chi connectivity index (χ0v) is 11.5. The number of hydrogen-bond donors (Lipinski definition) is 1. The molecule has 5 nitrogen and oxygen atoms in total. The van der Waals surface area contributed by atoms with Crippen LogP contribution in [-0.4, -0.2) is 59.1 Å². The number of amides is 3. The Kier molecular flexibility index (Phi) is 3.70. The maximum atomic E-state index is 12.3. The lowest BCUT2D eigenvalue weighted by molar-refractivity contribution is -0.137. The Labute approximate surface area is 115 Å². The molecule has 2 rings (SSSR count). The van der Waals surface area contributed by atoms with Crippen molar-refractivity contribution in [2.75, 3.05) is 19.6 Å². The van der Waals surface area contributed by atoms with Gasteiger partial charge in [-0.15, -0.1) is 0 Å². The molecule has 2 fully saturated rings. The molecule has 2 saturated heterocycles. The number of carbonyl (C=O) groups is 2. The topological polar surface area (TPSA) is 52.7 Å². The fourth-order valence-electron chi connectivity index (χ4n) is 2.75. The standard InChI is InChI=1S/C12H18F3N3O2/c1-8(2)18-9(19)11(16-10(18)20)3-5-17(7-11)6-4-12(13,14)15/h8H,3-7H2,1-2H3,(H,16,20). The van der Waals surface area contributed by atoms with E-state index in [-0.39, 0.29) is 25.0 Å². The van der Waals surface area contributed by atoms with Crippen LogP contribution in [0.15, 0.2) is 0 Å². The molecule has 2 heterocycles. The maximum Gasteiger partial charge on any atom is 0.390 e. The fourth-order valence-corrected chi connectivity index (χ4v) is 2.75. The quantitative estimate of drug-likeness (QED) is 0.799. The van der Waals surface area contributed by atoms with Gasteiger partial charge in [0.1, 0.15) is 5.54 Å². The molecule has 1 spiro atoms. The summed E-state index contributed by atoms with van der Waals surface area (Å²) in [6.07, 6.45) is -4.75. The summed E-state index contributed by atoms with van der Waals surface area (Å²) in [6.45, 7) is 3.85. The van der Waals surface area contributed by atoms with E-state index in [0.717, 1.165) is 4.90 Å². The smallest absolute Gasteiger partial charge is 0.322 e. The van der Waals surface area contributed by atoms with Crippen LogP contribution in [0.5, 0.6) is 0 Å². The van der Waals surface area contributed by atoms with Crippen LogP contribution in [0.1, 0.15) is 26.7 Å². The summed E-state index contributed by atoms with van der Waals surface area (Å²) in [5.74, 6) is -0.327. The molecule has 0 aromatic heterocycles. The van der Waals surface area contributed by atoms with Crippen LogP contribution in [-0.2, 0) is 4.79 Å². The second-order valence-electron chi connectivity index (χ2n) is 5.67. The van der Waals surface area contributed by atoms with Crippen molar-refractivity contribution < 1.29 is 22.8 Å². The number of likely N-dealkylation sites (tertiary alicyclic amines) is 1. The van der Waals surface area contributed by atoms with Crippen molar-refractivity contribution in [1.29, 1.82) is 0 Å². The molecule has 1 N–H and O–H groups in total. The molecular formula is C12H18F3N3O2. The van der Waals surface area contributed by atoms with Gasteiger partial charge in [0.2, 0.25) is 0 Å². The van der Waals surface area contributed by atoms with E-state index in [9.17, 15) is 22.8 Å². The molecular weight excluding hydrogens is 275 g/mol. The Balaban J connectivity index is 2.01. The van der Waals surface area contributed by atoms with Crippen LogP contribution in [0.4, 0.5) is 18.0 Å². The predicted octanol–water partition coefficient (Wildman–Crippen LogP) is 1.34. The minimum absolute atomic E-state index is 0.143. The molecule has 1 atom stereocenters. The number of nitrogens with one attached hydrogen (secondary N) is 1. The van der Waals surface area contributed by atoms with E-state index in [2.05, 4.69) is 5.32 Å². The number of rotatable bonds is 3. The Hall–Kier alpha value is -1.31. The molecule has 0 aliphatic carbocycles. The molecule has 1 unspecified atom stereocenters. The van der Waals surface area contributed by atoms with Gasteiger partial charge >= 0.3 is 12.2 Å². The lowest BCUT2D eigenvalue weighted by Crippen LogP contribution is -2.49. The van der Waals surface area contributed by atoms with Crippen molar-refractivity contribution in [3.8, 4) is 0 Å². The third-order valence-electron chi connectivity index (χ3n) is 3.77. The van der Waals surface area contributed by atoms with E-state index in [4.69, 9.17) is 0 Å². The molecule has 0 bridgehead atoms. The van der Waals surface area contributed by atoms with Gasteiger partial charge in [-0.05, 0) is 20.3 Å². The number of nitrogens with zero attached hydrogens (tertiary/aromatic N) is 2. The average Bonchev–Trinajstić information content (AvgIpc) is 2.79. The van der Waals surface area contributed by atoms with E-state index >= 15 is 0 Å². The molecule has 114 valence electrons. The summed E-state index contributed by atoms with van der Waals surface area (Å²) in [4.78, 5) is 26.9. The Morgan fingerprint density at radius 2 is 2.00 bits per heavy atom. The van der Waals surface area contributed by atoms with E-state index in [1.165, 1.54) is 0 Å². The first kappa shape index (κ1) is 15.1. The molecule has 2 aliphatic heterocycles. The molecule has 0 saturated carbocycles. The Morgan fingerprint density at radius 3 is 2.50 bits per heavy atom. The van der Waals surface area contributed by atoms with Gasteiger partial charge in [0.05, 0.1) is 6.42 Å². The number of alkyl halides is 3. The monoisotopic (exact) mass is 293 g/mol. The summed E-state index contributed by atoms with van der Waals surface area (Å²) in [5.41, 5.74) is -1.03. The molecule has 20 heavy (non-hydrogen) atoms. The largest absolute Gasteiger partial charge is 0.390 e. The van der Waals surface area contributed by atoms with Gasteiger partial charge in [0.15, 0.2) is 0 Å². The molecule has 8 heteroatoms. The van der Waals surface area contributed by atoms with Crippen molar-refractivity contribution in [2.24, 2.45) is 0 Å². The summed E-state index contributed by atoms with van der Waals surface area (Å²) in [6, 6.07) is -0.714. The van der Waals surface area contributed by atoms with Crippen LogP contribution in [0.25, 0.3) is 0 Å². The van der Waals surface area contributed by atoms with Gasteiger partial charge in [-0.3, -0.25) is 9.69 Å². The first-order valence-electron chi connectivity index (χ1n) is 6.59. The summed E-state index contributed by atoms with van der Waals surface area (Å²) in [5, 5.41) is 2.65. The van der Waals surface area contributed by atoms with E-state index in [1.807, 2.05) is 0 Å². The number of imide groups is 1. The highest BCUT2D eigenvalue weighted by Crippen LogP contribution is 2.30. The molecule has 3 amide bonds. The Bertz CT molecular complexity index is 425. The van der Waals surface area contributed by atoms with Crippen LogP contribution in [0.2, 0.25) is 0 Å². The summed E-state index contributed by atoms with van der Waals surface area (Å²) >= 11 is 0. The van der Waals surface area contributed by atoms with Crippen molar-refractivity contribution in [1.82, 2.24) is 15.1 Å². The highest BCUT2D eigenvalue weighted by molar-refractivity contribution is 6.07.